The van der Waals surface area contributed by atoms with Crippen LogP contribution in [0.15, 0.2) is 4.99 Å². The molecule has 0 saturated heterocycles. The summed E-state index contributed by atoms with van der Waals surface area (Å²) in [5.74, 6) is 1.30. The Bertz CT molecular complexity index is 252. The van der Waals surface area contributed by atoms with Crippen LogP contribution in [0, 0.1) is 11.8 Å². The van der Waals surface area contributed by atoms with E-state index in [1.165, 1.54) is 32.1 Å². The third-order valence-electron chi connectivity index (χ3n) is 3.59. The molecule has 0 heterocycles. The fourth-order valence-electron chi connectivity index (χ4n) is 2.26. The van der Waals surface area contributed by atoms with Crippen molar-refractivity contribution in [1.29, 1.82) is 0 Å². The van der Waals surface area contributed by atoms with Crippen LogP contribution in [-0.4, -0.2) is 27.2 Å². The van der Waals surface area contributed by atoms with Gasteiger partial charge >= 0.3 is 0 Å². The van der Waals surface area contributed by atoms with E-state index in [0.717, 1.165) is 12.5 Å². The molecule has 1 fully saturated rings. The van der Waals surface area contributed by atoms with Crippen molar-refractivity contribution in [3.05, 3.63) is 0 Å². The summed E-state index contributed by atoms with van der Waals surface area (Å²) in [6.45, 7) is 12.0. The lowest BCUT2D eigenvalue weighted by Gasteiger charge is -2.24. The highest BCUT2D eigenvalue weighted by Crippen LogP contribution is 2.22. The maximum atomic E-state index is 6.02. The van der Waals surface area contributed by atoms with Crippen LogP contribution in [0.3, 0.4) is 0 Å². The molecule has 1 rings (SSSR count). The molecule has 0 aromatic carbocycles. The van der Waals surface area contributed by atoms with Crippen LogP contribution in [-0.2, 0) is 4.43 Å². The lowest BCUT2D eigenvalue weighted by atomic mass is 9.90. The highest BCUT2D eigenvalue weighted by atomic mass is 28.4. The van der Waals surface area contributed by atoms with Gasteiger partial charge in [0.05, 0.1) is 12.6 Å². The molecule has 0 radical (unpaired) electrons. The maximum Gasteiger partial charge on any atom is 0.183 e. The van der Waals surface area contributed by atoms with Crippen molar-refractivity contribution in [2.45, 2.75) is 71.6 Å². The van der Waals surface area contributed by atoms with Gasteiger partial charge in [-0.25, -0.2) is 0 Å². The minimum Gasteiger partial charge on any atom is -0.415 e. The zero-order chi connectivity index (χ0) is 13.6. The monoisotopic (exact) mass is 269 g/mol. The van der Waals surface area contributed by atoms with Crippen LogP contribution in [0.4, 0.5) is 0 Å². The van der Waals surface area contributed by atoms with Crippen LogP contribution in [0.25, 0.3) is 0 Å². The minimum absolute atomic E-state index is 0.346. The largest absolute Gasteiger partial charge is 0.415 e. The summed E-state index contributed by atoms with van der Waals surface area (Å²) >= 11 is 0. The van der Waals surface area contributed by atoms with E-state index in [2.05, 4.69) is 39.7 Å². The molecular weight excluding hydrogens is 238 g/mol. The third kappa shape index (κ3) is 6.69. The summed E-state index contributed by atoms with van der Waals surface area (Å²) in [7, 11) is -1.41. The van der Waals surface area contributed by atoms with E-state index < -0.39 is 8.32 Å². The average Bonchev–Trinajstić information content (AvgIpc) is 2.28. The molecule has 0 aromatic heterocycles. The first-order chi connectivity index (χ1) is 8.38. The molecule has 1 atom stereocenters. The molecule has 2 nitrogen and oxygen atoms in total. The van der Waals surface area contributed by atoms with Gasteiger partial charge in [-0.1, -0.05) is 33.1 Å². The van der Waals surface area contributed by atoms with Crippen molar-refractivity contribution >= 4 is 14.5 Å². The summed E-state index contributed by atoms with van der Waals surface area (Å²) in [5, 5.41) is 0. The first-order valence-corrected chi connectivity index (χ1v) is 11.0. The van der Waals surface area contributed by atoms with Crippen molar-refractivity contribution in [3.8, 4) is 0 Å². The minimum atomic E-state index is -1.41. The van der Waals surface area contributed by atoms with Crippen molar-refractivity contribution in [1.82, 2.24) is 0 Å². The molecule has 0 bridgehead atoms. The molecule has 0 unspecified atom stereocenters. The normalized spacial score (nSPS) is 20.8. The molecule has 0 N–H and O–H groups in total. The van der Waals surface area contributed by atoms with Gasteiger partial charge in [-0.15, -0.1) is 0 Å². The molecule has 1 saturated carbocycles. The topological polar surface area (TPSA) is 21.6 Å². The third-order valence-corrected chi connectivity index (χ3v) is 4.63. The fraction of sp³-hybridized carbons (Fsp3) is 0.933. The van der Waals surface area contributed by atoms with Gasteiger partial charge in [-0.05, 0) is 44.3 Å². The average molecular weight is 270 g/mol. The molecular formula is C15H31NOSi. The summed E-state index contributed by atoms with van der Waals surface area (Å²) in [6, 6.07) is 0.346. The smallest absolute Gasteiger partial charge is 0.183 e. The molecule has 3 heteroatoms. The summed E-state index contributed by atoms with van der Waals surface area (Å²) in [4.78, 5) is 4.82. The van der Waals surface area contributed by atoms with Crippen molar-refractivity contribution in [2.75, 3.05) is 6.61 Å². The molecule has 1 aliphatic rings. The van der Waals surface area contributed by atoms with E-state index in [1.807, 2.05) is 0 Å². The first-order valence-electron chi connectivity index (χ1n) is 7.56. The predicted molar refractivity (Wildman–Crippen MR) is 83.0 cm³/mol. The highest BCUT2D eigenvalue weighted by Gasteiger charge is 2.19. The Kier molecular flexibility index (Phi) is 6.57. The van der Waals surface area contributed by atoms with Gasteiger partial charge in [0.1, 0.15) is 0 Å². The van der Waals surface area contributed by atoms with Crippen LogP contribution in [0.2, 0.25) is 19.6 Å². The fourth-order valence-corrected chi connectivity index (χ4v) is 2.93. The molecule has 18 heavy (non-hydrogen) atoms. The second kappa shape index (κ2) is 7.44. The van der Waals surface area contributed by atoms with E-state index in [4.69, 9.17) is 9.42 Å². The number of aliphatic imine (C=N–C) groups is 1. The Labute approximate surface area is 114 Å². The van der Waals surface area contributed by atoms with Gasteiger partial charge < -0.3 is 4.43 Å². The van der Waals surface area contributed by atoms with Gasteiger partial charge in [-0.2, -0.15) is 0 Å². The van der Waals surface area contributed by atoms with Crippen molar-refractivity contribution < 1.29 is 4.43 Å². The molecule has 0 aliphatic heterocycles. The number of hydrogen-bond acceptors (Lipinski definition) is 2. The number of nitrogens with zero attached hydrogens (tertiary/aromatic N) is 1. The van der Waals surface area contributed by atoms with E-state index in [-0.39, 0.29) is 0 Å². The Morgan fingerprint density at radius 3 is 2.28 bits per heavy atom. The van der Waals surface area contributed by atoms with E-state index in [9.17, 15) is 0 Å². The van der Waals surface area contributed by atoms with Crippen LogP contribution >= 0.6 is 0 Å². The highest BCUT2D eigenvalue weighted by molar-refractivity contribution is 6.69. The summed E-state index contributed by atoms with van der Waals surface area (Å²) < 4.78 is 6.02. The zero-order valence-electron chi connectivity index (χ0n) is 12.9. The standard InChI is InChI=1S/C15H31NOSi/c1-13(2)15(12-17-18(3,4)5)16-11-14-9-7-6-8-10-14/h11,13-15H,6-10,12H2,1-5H3/t15-/m1/s1. The molecule has 1 aliphatic carbocycles. The van der Waals surface area contributed by atoms with Crippen LogP contribution in [0.5, 0.6) is 0 Å². The lowest BCUT2D eigenvalue weighted by Crippen LogP contribution is -2.32. The molecule has 0 spiro atoms. The number of rotatable bonds is 6. The van der Waals surface area contributed by atoms with Gasteiger partial charge in [0.25, 0.3) is 0 Å². The second-order valence-corrected chi connectivity index (χ2v) is 11.4. The van der Waals surface area contributed by atoms with Gasteiger partial charge in [0.2, 0.25) is 0 Å². The lowest BCUT2D eigenvalue weighted by molar-refractivity contribution is 0.254. The van der Waals surface area contributed by atoms with E-state index in [1.54, 1.807) is 0 Å². The predicted octanol–water partition coefficient (Wildman–Crippen LogP) is 4.51. The zero-order valence-corrected chi connectivity index (χ0v) is 13.9. The Morgan fingerprint density at radius 2 is 1.78 bits per heavy atom. The van der Waals surface area contributed by atoms with Gasteiger partial charge in [0, 0.05) is 6.21 Å². The molecule has 106 valence electrons. The van der Waals surface area contributed by atoms with E-state index in [0.29, 0.717) is 12.0 Å². The first kappa shape index (κ1) is 15.9. The summed E-state index contributed by atoms with van der Waals surface area (Å²) in [5.41, 5.74) is 0. The molecule has 0 aromatic rings. The second-order valence-electron chi connectivity index (χ2n) is 6.93. The number of hydrogen-bond donors (Lipinski definition) is 0. The van der Waals surface area contributed by atoms with Crippen LogP contribution in [0.1, 0.15) is 46.0 Å². The van der Waals surface area contributed by atoms with E-state index >= 15 is 0 Å². The Hall–Kier alpha value is -0.153. The van der Waals surface area contributed by atoms with Crippen molar-refractivity contribution in [2.24, 2.45) is 16.8 Å². The molecule has 0 amide bonds. The quantitative estimate of drug-likeness (QED) is 0.513. The van der Waals surface area contributed by atoms with Crippen LogP contribution < -0.4 is 0 Å². The summed E-state index contributed by atoms with van der Waals surface area (Å²) in [6.07, 6.45) is 9.09. The van der Waals surface area contributed by atoms with Gasteiger partial charge in [-0.3, -0.25) is 4.99 Å². The Morgan fingerprint density at radius 1 is 1.17 bits per heavy atom. The SMILES string of the molecule is CC(C)[C@@H](CO[Si](C)(C)C)N=CC1CCCCC1. The Balaban J connectivity index is 2.43. The van der Waals surface area contributed by atoms with Crippen molar-refractivity contribution in [3.63, 3.8) is 0 Å². The maximum absolute atomic E-state index is 6.02. The van der Waals surface area contributed by atoms with Gasteiger partial charge in [0.15, 0.2) is 8.32 Å².